The molecule has 0 bridgehead atoms. The topological polar surface area (TPSA) is 52.6 Å². The van der Waals surface area contributed by atoms with Crippen LogP contribution in [0.1, 0.15) is 35.7 Å². The number of hydrogen-bond donors (Lipinski definition) is 2. The third kappa shape index (κ3) is 3.51. The summed E-state index contributed by atoms with van der Waals surface area (Å²) in [5.74, 6) is 0.689. The summed E-state index contributed by atoms with van der Waals surface area (Å²) >= 11 is 0. The minimum atomic E-state index is -0.0481. The number of nitrogens with zero attached hydrogens (tertiary/aromatic N) is 1. The fourth-order valence-corrected chi connectivity index (χ4v) is 2.68. The van der Waals surface area contributed by atoms with Crippen LogP contribution in [0.4, 0.5) is 0 Å². The van der Waals surface area contributed by atoms with Crippen LogP contribution in [-0.2, 0) is 0 Å². The Morgan fingerprint density at radius 1 is 1.40 bits per heavy atom. The van der Waals surface area contributed by atoms with Crippen molar-refractivity contribution in [2.24, 2.45) is 5.92 Å². The van der Waals surface area contributed by atoms with Crippen molar-refractivity contribution in [1.82, 2.24) is 10.2 Å². The second-order valence-corrected chi connectivity index (χ2v) is 5.56. The minimum absolute atomic E-state index is 0.0481. The first-order valence-electron chi connectivity index (χ1n) is 7.41. The highest BCUT2D eigenvalue weighted by Crippen LogP contribution is 2.23. The summed E-state index contributed by atoms with van der Waals surface area (Å²) in [5, 5.41) is 13.2. The first-order chi connectivity index (χ1) is 9.61. The SMILES string of the molecule is CCNCC1CCN(C(=O)c2cc(C)ccc2O)CC1. The van der Waals surface area contributed by atoms with E-state index in [1.807, 2.05) is 17.9 Å². The number of aryl methyl sites for hydroxylation is 1. The Hall–Kier alpha value is -1.55. The molecule has 4 heteroatoms. The molecule has 2 N–H and O–H groups in total. The normalized spacial score (nSPS) is 16.4. The molecular weight excluding hydrogens is 252 g/mol. The van der Waals surface area contributed by atoms with E-state index in [9.17, 15) is 9.90 Å². The van der Waals surface area contributed by atoms with Crippen molar-refractivity contribution < 1.29 is 9.90 Å². The lowest BCUT2D eigenvalue weighted by Crippen LogP contribution is -2.40. The van der Waals surface area contributed by atoms with Gasteiger partial charge in [0.2, 0.25) is 0 Å². The Labute approximate surface area is 120 Å². The molecule has 1 heterocycles. The summed E-state index contributed by atoms with van der Waals surface area (Å²) in [6, 6.07) is 5.18. The predicted molar refractivity (Wildman–Crippen MR) is 80.0 cm³/mol. The lowest BCUT2D eigenvalue weighted by Gasteiger charge is -2.32. The van der Waals surface area contributed by atoms with Crippen molar-refractivity contribution in [1.29, 1.82) is 0 Å². The lowest BCUT2D eigenvalue weighted by molar-refractivity contribution is 0.0687. The zero-order chi connectivity index (χ0) is 14.5. The van der Waals surface area contributed by atoms with Gasteiger partial charge in [0.15, 0.2) is 0 Å². The van der Waals surface area contributed by atoms with E-state index in [0.717, 1.165) is 44.6 Å². The number of phenols is 1. The van der Waals surface area contributed by atoms with Gasteiger partial charge in [0.05, 0.1) is 5.56 Å². The molecule has 0 aliphatic carbocycles. The van der Waals surface area contributed by atoms with Crippen molar-refractivity contribution in [2.45, 2.75) is 26.7 Å². The van der Waals surface area contributed by atoms with Gasteiger partial charge in [0.25, 0.3) is 5.91 Å². The number of benzene rings is 1. The smallest absolute Gasteiger partial charge is 0.257 e. The maximum absolute atomic E-state index is 12.4. The maximum atomic E-state index is 12.4. The van der Waals surface area contributed by atoms with Gasteiger partial charge in [-0.1, -0.05) is 18.6 Å². The van der Waals surface area contributed by atoms with Gasteiger partial charge < -0.3 is 15.3 Å². The van der Waals surface area contributed by atoms with E-state index < -0.39 is 0 Å². The molecule has 1 amide bonds. The number of likely N-dealkylation sites (tertiary alicyclic amines) is 1. The first kappa shape index (κ1) is 14.9. The third-order valence-corrected chi connectivity index (χ3v) is 3.97. The molecule has 20 heavy (non-hydrogen) atoms. The van der Waals surface area contributed by atoms with Crippen LogP contribution in [0.25, 0.3) is 0 Å². The van der Waals surface area contributed by atoms with Crippen molar-refractivity contribution in [2.75, 3.05) is 26.2 Å². The van der Waals surface area contributed by atoms with Gasteiger partial charge in [-0.25, -0.2) is 0 Å². The van der Waals surface area contributed by atoms with Crippen molar-refractivity contribution in [3.05, 3.63) is 29.3 Å². The molecule has 0 atom stereocenters. The molecule has 2 rings (SSSR count). The molecule has 0 radical (unpaired) electrons. The number of piperidine rings is 1. The van der Waals surface area contributed by atoms with Crippen molar-refractivity contribution >= 4 is 5.91 Å². The zero-order valence-corrected chi connectivity index (χ0v) is 12.4. The summed E-state index contributed by atoms with van der Waals surface area (Å²) in [6.45, 7) is 7.63. The Kier molecular flexibility index (Phi) is 5.01. The van der Waals surface area contributed by atoms with Gasteiger partial charge in [0, 0.05) is 13.1 Å². The summed E-state index contributed by atoms with van der Waals surface area (Å²) in [4.78, 5) is 14.3. The largest absolute Gasteiger partial charge is 0.507 e. The van der Waals surface area contributed by atoms with E-state index in [2.05, 4.69) is 12.2 Å². The number of carbonyl (C=O) groups excluding carboxylic acids is 1. The van der Waals surface area contributed by atoms with E-state index >= 15 is 0 Å². The number of amides is 1. The van der Waals surface area contributed by atoms with Gasteiger partial charge in [-0.3, -0.25) is 4.79 Å². The highest BCUT2D eigenvalue weighted by Gasteiger charge is 2.24. The van der Waals surface area contributed by atoms with E-state index in [1.54, 1.807) is 12.1 Å². The average molecular weight is 276 g/mol. The standard InChI is InChI=1S/C16H24N2O2/c1-3-17-11-13-6-8-18(9-7-13)16(20)14-10-12(2)4-5-15(14)19/h4-5,10,13,17,19H,3,6-9,11H2,1-2H3. The molecule has 4 nitrogen and oxygen atoms in total. The van der Waals surface area contributed by atoms with Gasteiger partial charge in [-0.15, -0.1) is 0 Å². The molecule has 1 aromatic rings. The van der Waals surface area contributed by atoms with Crippen LogP contribution in [0.3, 0.4) is 0 Å². The molecular formula is C16H24N2O2. The molecule has 1 saturated heterocycles. The Balaban J connectivity index is 1.96. The molecule has 0 aromatic heterocycles. The second kappa shape index (κ2) is 6.75. The van der Waals surface area contributed by atoms with Gasteiger partial charge in [-0.2, -0.15) is 0 Å². The fourth-order valence-electron chi connectivity index (χ4n) is 2.68. The molecule has 1 aliphatic rings. The monoisotopic (exact) mass is 276 g/mol. The van der Waals surface area contributed by atoms with Crippen LogP contribution < -0.4 is 5.32 Å². The average Bonchev–Trinajstić information content (AvgIpc) is 2.47. The van der Waals surface area contributed by atoms with Crippen LogP contribution in [0.5, 0.6) is 5.75 Å². The predicted octanol–water partition coefficient (Wildman–Crippen LogP) is 2.16. The highest BCUT2D eigenvalue weighted by molar-refractivity contribution is 5.97. The maximum Gasteiger partial charge on any atom is 0.257 e. The van der Waals surface area contributed by atoms with Crippen molar-refractivity contribution in [3.63, 3.8) is 0 Å². The fraction of sp³-hybridized carbons (Fsp3) is 0.562. The summed E-state index contributed by atoms with van der Waals surface area (Å²) in [7, 11) is 0. The second-order valence-electron chi connectivity index (χ2n) is 5.56. The molecule has 0 saturated carbocycles. The molecule has 1 aliphatic heterocycles. The number of hydrogen-bond acceptors (Lipinski definition) is 3. The summed E-state index contributed by atoms with van der Waals surface area (Å²) in [5.41, 5.74) is 1.42. The lowest BCUT2D eigenvalue weighted by atomic mass is 9.96. The number of aromatic hydroxyl groups is 1. The van der Waals surface area contributed by atoms with Crippen LogP contribution in [-0.4, -0.2) is 42.1 Å². The van der Waals surface area contributed by atoms with Gasteiger partial charge >= 0.3 is 0 Å². The third-order valence-electron chi connectivity index (χ3n) is 3.97. The minimum Gasteiger partial charge on any atom is -0.507 e. The zero-order valence-electron chi connectivity index (χ0n) is 12.4. The van der Waals surface area contributed by atoms with E-state index in [0.29, 0.717) is 11.5 Å². The number of nitrogens with one attached hydrogen (secondary N) is 1. The summed E-state index contributed by atoms with van der Waals surface area (Å²) < 4.78 is 0. The first-order valence-corrected chi connectivity index (χ1v) is 7.41. The number of rotatable bonds is 4. The van der Waals surface area contributed by atoms with Gasteiger partial charge in [-0.05, 0) is 50.9 Å². The number of phenolic OH excluding ortho intramolecular Hbond substituents is 1. The van der Waals surface area contributed by atoms with Gasteiger partial charge in [0.1, 0.15) is 5.75 Å². The van der Waals surface area contributed by atoms with E-state index in [-0.39, 0.29) is 11.7 Å². The van der Waals surface area contributed by atoms with Crippen LogP contribution in [0.15, 0.2) is 18.2 Å². The number of carbonyl (C=O) groups is 1. The molecule has 0 unspecified atom stereocenters. The Morgan fingerprint density at radius 2 is 2.10 bits per heavy atom. The molecule has 0 spiro atoms. The highest BCUT2D eigenvalue weighted by atomic mass is 16.3. The molecule has 1 fully saturated rings. The summed E-state index contributed by atoms with van der Waals surface area (Å²) in [6.07, 6.45) is 2.07. The van der Waals surface area contributed by atoms with Crippen LogP contribution in [0, 0.1) is 12.8 Å². The van der Waals surface area contributed by atoms with E-state index in [4.69, 9.17) is 0 Å². The molecule has 110 valence electrons. The Bertz CT molecular complexity index is 466. The van der Waals surface area contributed by atoms with Crippen molar-refractivity contribution in [3.8, 4) is 5.75 Å². The van der Waals surface area contributed by atoms with Crippen LogP contribution >= 0.6 is 0 Å². The quantitative estimate of drug-likeness (QED) is 0.886. The molecule has 1 aromatic carbocycles. The van der Waals surface area contributed by atoms with E-state index in [1.165, 1.54) is 0 Å². The van der Waals surface area contributed by atoms with Crippen LogP contribution in [0.2, 0.25) is 0 Å². The Morgan fingerprint density at radius 3 is 2.75 bits per heavy atom.